The van der Waals surface area contributed by atoms with Crippen LogP contribution in [0.2, 0.25) is 0 Å². The van der Waals surface area contributed by atoms with Crippen LogP contribution in [0, 0.1) is 0 Å². The van der Waals surface area contributed by atoms with E-state index in [4.69, 9.17) is 9.97 Å². The summed E-state index contributed by atoms with van der Waals surface area (Å²) in [5.74, 6) is 0.684. The highest BCUT2D eigenvalue weighted by molar-refractivity contribution is 6.10. The molecule has 0 aliphatic heterocycles. The topological polar surface area (TPSA) is 30.7 Å². The third-order valence-corrected chi connectivity index (χ3v) is 9.21. The zero-order valence-corrected chi connectivity index (χ0v) is 26.7. The lowest BCUT2D eigenvalue weighted by Gasteiger charge is -2.21. The third-order valence-electron chi connectivity index (χ3n) is 9.21. The molecule has 0 saturated carbocycles. The van der Waals surface area contributed by atoms with Crippen LogP contribution in [0.1, 0.15) is 0 Å². The molecule has 0 radical (unpaired) electrons. The molecule has 9 rings (SSSR count). The summed E-state index contributed by atoms with van der Waals surface area (Å²) < 4.78 is 2.44. The van der Waals surface area contributed by atoms with Gasteiger partial charge in [0.2, 0.25) is 0 Å². The highest BCUT2D eigenvalue weighted by Gasteiger charge is 2.22. The molecular weight excluding hydrogens is 595 g/mol. The van der Waals surface area contributed by atoms with Gasteiger partial charge in [-0.05, 0) is 41.5 Å². The fourth-order valence-electron chi connectivity index (χ4n) is 6.93. The number of fused-ring (bicyclic) bond motifs is 3. The lowest BCUT2D eigenvalue weighted by atomic mass is 9.92. The van der Waals surface area contributed by atoms with Gasteiger partial charge in [0, 0.05) is 38.6 Å². The molecule has 49 heavy (non-hydrogen) atoms. The second-order valence-electron chi connectivity index (χ2n) is 12.2. The molecule has 7 aromatic carbocycles. The van der Waals surface area contributed by atoms with Gasteiger partial charge in [-0.15, -0.1) is 0 Å². The fraction of sp³-hybridized carbons (Fsp3) is 0. The Morgan fingerprint density at radius 3 is 1.12 bits per heavy atom. The highest BCUT2D eigenvalue weighted by Crippen LogP contribution is 2.43. The van der Waals surface area contributed by atoms with Crippen LogP contribution >= 0.6 is 0 Å². The minimum atomic E-state index is 0.684. The van der Waals surface area contributed by atoms with Crippen molar-refractivity contribution < 1.29 is 0 Å². The first-order valence-electron chi connectivity index (χ1n) is 16.6. The first-order chi connectivity index (χ1) is 24.3. The van der Waals surface area contributed by atoms with Crippen molar-refractivity contribution in [2.45, 2.75) is 0 Å². The van der Waals surface area contributed by atoms with Crippen molar-refractivity contribution in [1.29, 1.82) is 0 Å². The molecule has 0 bridgehead atoms. The standard InChI is InChI=1S/C46H31N3/c1-5-17-32(18-6-1)39-29-36(46-47-41(34-21-9-3-10-22-34)31-42(48-46)35-23-11-4-12-24-35)30-40(33-19-7-2-8-20-33)45(39)49-43-27-15-13-25-37(43)38-26-14-16-28-44(38)49/h1-31H. The van der Waals surface area contributed by atoms with Gasteiger partial charge in [0.05, 0.1) is 28.1 Å². The molecule has 0 unspecified atom stereocenters. The second kappa shape index (κ2) is 12.2. The van der Waals surface area contributed by atoms with E-state index >= 15 is 0 Å². The van der Waals surface area contributed by atoms with Crippen molar-refractivity contribution in [2.75, 3.05) is 0 Å². The monoisotopic (exact) mass is 625 g/mol. The van der Waals surface area contributed by atoms with E-state index in [0.29, 0.717) is 5.82 Å². The van der Waals surface area contributed by atoms with Crippen LogP contribution in [0.25, 0.3) is 83.6 Å². The van der Waals surface area contributed by atoms with E-state index in [1.54, 1.807) is 0 Å². The summed E-state index contributed by atoms with van der Waals surface area (Å²) in [5.41, 5.74) is 12.8. The molecule has 0 fully saturated rings. The molecular formula is C46H31N3. The van der Waals surface area contributed by atoms with Gasteiger partial charge in [-0.3, -0.25) is 0 Å². The maximum absolute atomic E-state index is 5.24. The molecule has 2 heterocycles. The Morgan fingerprint density at radius 1 is 0.327 bits per heavy atom. The first-order valence-corrected chi connectivity index (χ1v) is 16.6. The molecule has 9 aromatic rings. The van der Waals surface area contributed by atoms with Gasteiger partial charge in [0.1, 0.15) is 0 Å². The summed E-state index contributed by atoms with van der Waals surface area (Å²) in [5, 5.41) is 2.46. The predicted octanol–water partition coefficient (Wildman–Crippen LogP) is 11.9. The largest absolute Gasteiger partial charge is 0.308 e. The van der Waals surface area contributed by atoms with E-state index < -0.39 is 0 Å². The van der Waals surface area contributed by atoms with Gasteiger partial charge in [-0.1, -0.05) is 158 Å². The number of hydrogen-bond acceptors (Lipinski definition) is 2. The summed E-state index contributed by atoms with van der Waals surface area (Å²) >= 11 is 0. The average Bonchev–Trinajstić information content (AvgIpc) is 3.52. The molecule has 0 amide bonds. The molecule has 3 heteroatoms. The minimum Gasteiger partial charge on any atom is -0.308 e. The van der Waals surface area contributed by atoms with E-state index in [9.17, 15) is 0 Å². The van der Waals surface area contributed by atoms with Crippen LogP contribution in [0.15, 0.2) is 188 Å². The summed E-state index contributed by atoms with van der Waals surface area (Å²) in [6.45, 7) is 0. The fourth-order valence-corrected chi connectivity index (χ4v) is 6.93. The van der Waals surface area contributed by atoms with Gasteiger partial charge >= 0.3 is 0 Å². The van der Waals surface area contributed by atoms with Gasteiger partial charge in [0.15, 0.2) is 5.82 Å². The van der Waals surface area contributed by atoms with Crippen LogP contribution < -0.4 is 0 Å². The third kappa shape index (κ3) is 5.18. The maximum atomic E-state index is 5.24. The van der Waals surface area contributed by atoms with Gasteiger partial charge in [-0.2, -0.15) is 0 Å². The number of para-hydroxylation sites is 2. The highest BCUT2D eigenvalue weighted by atomic mass is 15.0. The number of hydrogen-bond donors (Lipinski definition) is 0. The quantitative estimate of drug-likeness (QED) is 0.184. The normalized spacial score (nSPS) is 11.3. The Labute approximate surface area is 285 Å². The van der Waals surface area contributed by atoms with Crippen molar-refractivity contribution in [3.8, 4) is 61.8 Å². The molecule has 3 nitrogen and oxygen atoms in total. The average molecular weight is 626 g/mol. The molecule has 0 atom stereocenters. The van der Waals surface area contributed by atoms with Gasteiger partial charge < -0.3 is 4.57 Å². The zero-order chi connectivity index (χ0) is 32.6. The van der Waals surface area contributed by atoms with Gasteiger partial charge in [0.25, 0.3) is 0 Å². The summed E-state index contributed by atoms with van der Waals surface area (Å²) in [6, 6.07) is 66.2. The smallest absolute Gasteiger partial charge is 0.160 e. The van der Waals surface area contributed by atoms with Crippen molar-refractivity contribution in [2.24, 2.45) is 0 Å². The van der Waals surface area contributed by atoms with Crippen molar-refractivity contribution >= 4 is 21.8 Å². The SMILES string of the molecule is c1ccc(-c2cc(-c3ccccc3)nc(-c3cc(-c4ccccc4)c(-n4c5ccccc5c5ccccc54)c(-c4ccccc4)c3)n2)cc1. The number of benzene rings is 7. The van der Waals surface area contributed by atoms with Crippen molar-refractivity contribution in [3.63, 3.8) is 0 Å². The summed E-state index contributed by atoms with van der Waals surface area (Å²) in [4.78, 5) is 10.5. The number of nitrogens with zero attached hydrogens (tertiary/aromatic N) is 3. The van der Waals surface area contributed by atoms with E-state index in [2.05, 4.69) is 180 Å². The Hall–Kier alpha value is -6.58. The van der Waals surface area contributed by atoms with Gasteiger partial charge in [-0.25, -0.2) is 9.97 Å². The molecule has 2 aromatic heterocycles. The van der Waals surface area contributed by atoms with Crippen LogP contribution in [0.5, 0.6) is 0 Å². The van der Waals surface area contributed by atoms with Crippen molar-refractivity contribution in [3.05, 3.63) is 188 Å². The Bertz CT molecular complexity index is 2400. The lowest BCUT2D eigenvalue weighted by Crippen LogP contribution is -2.03. The molecule has 0 saturated heterocycles. The first kappa shape index (κ1) is 28.6. The van der Waals surface area contributed by atoms with Crippen LogP contribution in [0.4, 0.5) is 0 Å². The maximum Gasteiger partial charge on any atom is 0.160 e. The van der Waals surface area contributed by atoms with Crippen molar-refractivity contribution in [1.82, 2.24) is 14.5 Å². The van der Waals surface area contributed by atoms with Crippen LogP contribution in [-0.2, 0) is 0 Å². The van der Waals surface area contributed by atoms with E-state index in [1.165, 1.54) is 21.8 Å². The Kier molecular flexibility index (Phi) is 7.14. The van der Waals surface area contributed by atoms with E-state index in [0.717, 1.165) is 56.0 Å². The van der Waals surface area contributed by atoms with Crippen LogP contribution in [-0.4, -0.2) is 14.5 Å². The zero-order valence-electron chi connectivity index (χ0n) is 26.7. The molecule has 230 valence electrons. The lowest BCUT2D eigenvalue weighted by molar-refractivity contribution is 1.17. The number of aromatic nitrogens is 3. The van der Waals surface area contributed by atoms with Crippen LogP contribution in [0.3, 0.4) is 0 Å². The Morgan fingerprint density at radius 2 is 0.694 bits per heavy atom. The van der Waals surface area contributed by atoms with E-state index in [1.807, 2.05) is 12.1 Å². The molecule has 0 N–H and O–H groups in total. The summed E-state index contributed by atoms with van der Waals surface area (Å²) in [7, 11) is 0. The Balaban J connectivity index is 1.40. The molecule has 0 aliphatic rings. The second-order valence-corrected chi connectivity index (χ2v) is 12.2. The predicted molar refractivity (Wildman–Crippen MR) is 204 cm³/mol. The minimum absolute atomic E-state index is 0.684. The number of rotatable bonds is 6. The molecule has 0 aliphatic carbocycles. The molecule has 0 spiro atoms. The van der Waals surface area contributed by atoms with E-state index in [-0.39, 0.29) is 0 Å². The summed E-state index contributed by atoms with van der Waals surface area (Å²) in [6.07, 6.45) is 0.